The summed E-state index contributed by atoms with van der Waals surface area (Å²) in [7, 11) is 1.54. The number of anilines is 1. The lowest BCUT2D eigenvalue weighted by atomic mass is 10.1. The summed E-state index contributed by atoms with van der Waals surface area (Å²) in [5.74, 6) is 1.99. The van der Waals surface area contributed by atoms with E-state index in [1.54, 1.807) is 49.8 Å². The van der Waals surface area contributed by atoms with Crippen molar-refractivity contribution in [3.8, 4) is 17.2 Å². The Balaban J connectivity index is 1.50. The number of rotatable bonds is 5. The Morgan fingerprint density at radius 3 is 2.76 bits per heavy atom. The summed E-state index contributed by atoms with van der Waals surface area (Å²) in [6, 6.07) is 8.70. The van der Waals surface area contributed by atoms with Crippen LogP contribution in [0, 0.1) is 0 Å². The summed E-state index contributed by atoms with van der Waals surface area (Å²) in [6.45, 7) is 0. The average molecular weight is 336 g/mol. The van der Waals surface area contributed by atoms with Crippen molar-refractivity contribution >= 4 is 11.6 Å². The highest BCUT2D eigenvalue weighted by Crippen LogP contribution is 2.38. The van der Waals surface area contributed by atoms with E-state index in [1.165, 1.54) is 0 Å². The van der Waals surface area contributed by atoms with E-state index in [0.717, 1.165) is 24.2 Å². The molecule has 2 heterocycles. The molecule has 3 aromatic rings. The summed E-state index contributed by atoms with van der Waals surface area (Å²) >= 11 is 0. The second-order valence-electron chi connectivity index (χ2n) is 5.84. The SMILES string of the molecule is COc1ccncc1NC(=O)c1ccc(-c2nc(C3CC3)no2)cc1. The number of benzene rings is 1. The molecule has 0 spiro atoms. The van der Waals surface area contributed by atoms with E-state index in [-0.39, 0.29) is 5.91 Å². The number of amides is 1. The number of pyridine rings is 1. The van der Waals surface area contributed by atoms with Gasteiger partial charge < -0.3 is 14.6 Å². The molecule has 1 saturated carbocycles. The first-order valence-corrected chi connectivity index (χ1v) is 7.98. The zero-order chi connectivity index (χ0) is 17.2. The zero-order valence-corrected chi connectivity index (χ0v) is 13.6. The first-order chi connectivity index (χ1) is 12.2. The maximum atomic E-state index is 12.4. The quantitative estimate of drug-likeness (QED) is 0.769. The van der Waals surface area contributed by atoms with Crippen molar-refractivity contribution in [3.05, 3.63) is 54.1 Å². The van der Waals surface area contributed by atoms with Crippen molar-refractivity contribution in [2.45, 2.75) is 18.8 Å². The fourth-order valence-electron chi connectivity index (χ4n) is 2.47. The first-order valence-electron chi connectivity index (χ1n) is 7.98. The molecular weight excluding hydrogens is 320 g/mol. The van der Waals surface area contributed by atoms with Gasteiger partial charge in [-0.25, -0.2) is 0 Å². The predicted octanol–water partition coefficient (Wildman–Crippen LogP) is 3.27. The van der Waals surface area contributed by atoms with Crippen LogP contribution >= 0.6 is 0 Å². The fourth-order valence-corrected chi connectivity index (χ4v) is 2.47. The minimum absolute atomic E-state index is 0.248. The molecule has 1 aliphatic carbocycles. The molecule has 0 aliphatic heterocycles. The first kappa shape index (κ1) is 15.3. The zero-order valence-electron chi connectivity index (χ0n) is 13.6. The maximum Gasteiger partial charge on any atom is 0.257 e. The highest BCUT2D eigenvalue weighted by molar-refractivity contribution is 6.05. The molecule has 7 heteroatoms. The van der Waals surface area contributed by atoms with Crippen molar-refractivity contribution in [2.75, 3.05) is 12.4 Å². The molecule has 0 unspecified atom stereocenters. The van der Waals surface area contributed by atoms with Crippen LogP contribution in [0.5, 0.6) is 5.75 Å². The van der Waals surface area contributed by atoms with Crippen molar-refractivity contribution in [1.82, 2.24) is 15.1 Å². The second-order valence-corrected chi connectivity index (χ2v) is 5.84. The molecule has 1 aliphatic rings. The fraction of sp³-hybridized carbons (Fsp3) is 0.222. The summed E-state index contributed by atoms with van der Waals surface area (Å²) in [5, 5.41) is 6.79. The van der Waals surface area contributed by atoms with Gasteiger partial charge >= 0.3 is 0 Å². The molecule has 7 nitrogen and oxygen atoms in total. The molecule has 1 amide bonds. The Morgan fingerprint density at radius 1 is 1.24 bits per heavy atom. The van der Waals surface area contributed by atoms with Crippen LogP contribution in [0.4, 0.5) is 5.69 Å². The van der Waals surface area contributed by atoms with Gasteiger partial charge in [0.15, 0.2) is 5.82 Å². The van der Waals surface area contributed by atoms with Gasteiger partial charge in [0.25, 0.3) is 11.8 Å². The molecule has 0 bridgehead atoms. The van der Waals surface area contributed by atoms with Gasteiger partial charge in [0.05, 0.1) is 13.3 Å². The van der Waals surface area contributed by atoms with E-state index in [1.807, 2.05) is 0 Å². The summed E-state index contributed by atoms with van der Waals surface area (Å²) < 4.78 is 10.5. The molecule has 1 aromatic carbocycles. The average Bonchev–Trinajstić information content (AvgIpc) is 3.39. The molecule has 0 saturated heterocycles. The number of nitrogens with zero attached hydrogens (tertiary/aromatic N) is 3. The summed E-state index contributed by atoms with van der Waals surface area (Å²) in [4.78, 5) is 20.8. The molecule has 25 heavy (non-hydrogen) atoms. The van der Waals surface area contributed by atoms with Crippen LogP contribution in [-0.2, 0) is 0 Å². The van der Waals surface area contributed by atoms with Crippen LogP contribution in [0.25, 0.3) is 11.5 Å². The minimum atomic E-state index is -0.248. The van der Waals surface area contributed by atoms with Crippen LogP contribution in [0.2, 0.25) is 0 Å². The van der Waals surface area contributed by atoms with E-state index in [9.17, 15) is 4.79 Å². The van der Waals surface area contributed by atoms with E-state index in [4.69, 9.17) is 9.26 Å². The van der Waals surface area contributed by atoms with Crippen molar-refractivity contribution in [1.29, 1.82) is 0 Å². The van der Waals surface area contributed by atoms with Gasteiger partial charge in [-0.15, -0.1) is 0 Å². The summed E-state index contributed by atoms with van der Waals surface area (Å²) in [6.07, 6.45) is 5.39. The molecule has 0 atom stereocenters. The van der Waals surface area contributed by atoms with E-state index >= 15 is 0 Å². The van der Waals surface area contributed by atoms with Gasteiger partial charge in [-0.1, -0.05) is 5.16 Å². The second kappa shape index (κ2) is 6.35. The molecule has 0 radical (unpaired) electrons. The van der Waals surface area contributed by atoms with Gasteiger partial charge in [-0.3, -0.25) is 9.78 Å². The van der Waals surface area contributed by atoms with Gasteiger partial charge in [-0.2, -0.15) is 4.98 Å². The largest absolute Gasteiger partial charge is 0.494 e. The van der Waals surface area contributed by atoms with Crippen molar-refractivity contribution in [3.63, 3.8) is 0 Å². The standard InChI is InChI=1S/C18H16N4O3/c1-24-15-8-9-19-10-14(15)20-17(23)12-4-6-13(7-5-12)18-21-16(22-25-18)11-2-3-11/h4-11H,2-3H2,1H3,(H,20,23). The Labute approximate surface area is 144 Å². The third-order valence-corrected chi connectivity index (χ3v) is 4.03. The molecule has 4 rings (SSSR count). The number of methoxy groups -OCH3 is 1. The number of aromatic nitrogens is 3. The van der Waals surface area contributed by atoms with E-state index in [0.29, 0.717) is 28.8 Å². The monoisotopic (exact) mass is 336 g/mol. The normalized spacial score (nSPS) is 13.5. The third-order valence-electron chi connectivity index (χ3n) is 4.03. The maximum absolute atomic E-state index is 12.4. The Hall–Kier alpha value is -3.22. The summed E-state index contributed by atoms with van der Waals surface area (Å²) in [5.41, 5.74) is 1.82. The molecular formula is C18H16N4O3. The number of carbonyl (C=O) groups excluding carboxylic acids is 1. The lowest BCUT2D eigenvalue weighted by Gasteiger charge is -2.09. The number of nitrogens with one attached hydrogen (secondary N) is 1. The predicted molar refractivity (Wildman–Crippen MR) is 90.5 cm³/mol. The minimum Gasteiger partial charge on any atom is -0.494 e. The van der Waals surface area contributed by atoms with Gasteiger partial charge in [0, 0.05) is 29.3 Å². The number of hydrogen-bond donors (Lipinski definition) is 1. The highest BCUT2D eigenvalue weighted by Gasteiger charge is 2.29. The topological polar surface area (TPSA) is 90.1 Å². The number of hydrogen-bond acceptors (Lipinski definition) is 6. The molecule has 1 N–H and O–H groups in total. The lowest BCUT2D eigenvalue weighted by molar-refractivity contribution is 0.102. The Kier molecular flexibility index (Phi) is 3.89. The van der Waals surface area contributed by atoms with Gasteiger partial charge in [0.2, 0.25) is 0 Å². The van der Waals surface area contributed by atoms with E-state index < -0.39 is 0 Å². The smallest absolute Gasteiger partial charge is 0.257 e. The molecule has 1 fully saturated rings. The Bertz CT molecular complexity index is 901. The van der Waals surface area contributed by atoms with Gasteiger partial charge in [-0.05, 0) is 37.1 Å². The highest BCUT2D eigenvalue weighted by atomic mass is 16.5. The van der Waals surface area contributed by atoms with Crippen LogP contribution in [0.1, 0.15) is 34.9 Å². The molecule has 2 aromatic heterocycles. The number of carbonyl (C=O) groups is 1. The van der Waals surface area contributed by atoms with Crippen LogP contribution in [0.15, 0.2) is 47.2 Å². The van der Waals surface area contributed by atoms with E-state index in [2.05, 4.69) is 20.4 Å². The third kappa shape index (κ3) is 3.21. The van der Waals surface area contributed by atoms with Crippen LogP contribution < -0.4 is 10.1 Å². The lowest BCUT2D eigenvalue weighted by Crippen LogP contribution is -2.12. The number of ether oxygens (including phenoxy) is 1. The Morgan fingerprint density at radius 2 is 2.04 bits per heavy atom. The van der Waals surface area contributed by atoms with Crippen LogP contribution in [-0.4, -0.2) is 28.1 Å². The van der Waals surface area contributed by atoms with Crippen molar-refractivity contribution < 1.29 is 14.1 Å². The van der Waals surface area contributed by atoms with Crippen LogP contribution in [0.3, 0.4) is 0 Å². The van der Waals surface area contributed by atoms with Gasteiger partial charge in [0.1, 0.15) is 11.4 Å². The molecule has 126 valence electrons. The van der Waals surface area contributed by atoms with Crippen molar-refractivity contribution in [2.24, 2.45) is 0 Å².